The van der Waals surface area contributed by atoms with E-state index in [0.717, 1.165) is 5.56 Å². The lowest BCUT2D eigenvalue weighted by Gasteiger charge is -1.94. The number of aliphatic hydroxyl groups is 1. The summed E-state index contributed by atoms with van der Waals surface area (Å²) in [6.45, 7) is 2.21. The minimum absolute atomic E-state index is 0.140. The van der Waals surface area contributed by atoms with Crippen LogP contribution in [0.4, 0.5) is 0 Å². The number of aromatic nitrogens is 5. The molecule has 0 bridgehead atoms. The second kappa shape index (κ2) is 5.22. The second-order valence-electron chi connectivity index (χ2n) is 4.44. The van der Waals surface area contributed by atoms with Gasteiger partial charge in [-0.3, -0.25) is 0 Å². The van der Waals surface area contributed by atoms with Crippen LogP contribution in [0, 0.1) is 6.92 Å². The number of rotatable bonds is 4. The van der Waals surface area contributed by atoms with Crippen molar-refractivity contribution in [2.24, 2.45) is 0 Å². The van der Waals surface area contributed by atoms with Crippen molar-refractivity contribution >= 4 is 0 Å². The summed E-state index contributed by atoms with van der Waals surface area (Å²) in [6, 6.07) is 7.89. The lowest BCUT2D eigenvalue weighted by atomic mass is 10.1. The van der Waals surface area contributed by atoms with Crippen molar-refractivity contribution in [2.45, 2.75) is 20.1 Å². The van der Waals surface area contributed by atoms with Crippen LogP contribution in [0.2, 0.25) is 0 Å². The lowest BCUT2D eigenvalue weighted by Crippen LogP contribution is -2.00. The van der Waals surface area contributed by atoms with E-state index in [2.05, 4.69) is 20.5 Å². The molecule has 0 saturated carbocycles. The minimum Gasteiger partial charge on any atom is -0.390 e. The van der Waals surface area contributed by atoms with Crippen LogP contribution in [0.25, 0.3) is 11.4 Å². The molecule has 7 nitrogen and oxygen atoms in total. The molecular weight excluding hydrogens is 258 g/mol. The van der Waals surface area contributed by atoms with Crippen LogP contribution >= 0.6 is 0 Å². The maximum Gasteiger partial charge on any atom is 0.248 e. The third kappa shape index (κ3) is 2.57. The van der Waals surface area contributed by atoms with E-state index in [-0.39, 0.29) is 6.61 Å². The molecule has 2 heterocycles. The second-order valence-corrected chi connectivity index (χ2v) is 4.44. The molecule has 0 aliphatic carbocycles. The molecule has 0 radical (unpaired) electrons. The Balaban J connectivity index is 1.78. The highest BCUT2D eigenvalue weighted by Gasteiger charge is 2.10. The Bertz CT molecular complexity index is 702. The Morgan fingerprint density at radius 3 is 2.75 bits per heavy atom. The van der Waals surface area contributed by atoms with Gasteiger partial charge in [-0.25, -0.2) is 4.68 Å². The average molecular weight is 271 g/mol. The topological polar surface area (TPSA) is 89.9 Å². The fourth-order valence-corrected chi connectivity index (χ4v) is 1.77. The highest BCUT2D eigenvalue weighted by atomic mass is 16.5. The summed E-state index contributed by atoms with van der Waals surface area (Å²) in [6.07, 6.45) is 1.63. The summed E-state index contributed by atoms with van der Waals surface area (Å²) >= 11 is 0. The van der Waals surface area contributed by atoms with E-state index < -0.39 is 0 Å². The molecule has 1 aromatic carbocycles. The van der Waals surface area contributed by atoms with Gasteiger partial charge in [0.1, 0.15) is 12.2 Å². The van der Waals surface area contributed by atoms with Crippen LogP contribution < -0.4 is 0 Å². The van der Waals surface area contributed by atoms with Crippen molar-refractivity contribution in [1.82, 2.24) is 25.1 Å². The maximum absolute atomic E-state index is 8.92. The van der Waals surface area contributed by atoms with Crippen molar-refractivity contribution in [3.8, 4) is 11.4 Å². The zero-order chi connectivity index (χ0) is 13.9. The molecule has 20 heavy (non-hydrogen) atoms. The molecule has 3 rings (SSSR count). The standard InChI is InChI=1S/C13H13N5O2/c1-9-2-4-10(5-3-9)13-14-12(20-16-13)7-18-6-11(8-19)15-17-18/h2-6,19H,7-8H2,1H3. The van der Waals surface area contributed by atoms with Crippen molar-refractivity contribution < 1.29 is 9.63 Å². The SMILES string of the molecule is Cc1ccc(-c2noc(Cn3cc(CO)nn3)n2)cc1. The predicted octanol–water partition coefficient (Wildman–Crippen LogP) is 1.18. The monoisotopic (exact) mass is 271 g/mol. The highest BCUT2D eigenvalue weighted by molar-refractivity contribution is 5.54. The number of hydrogen-bond acceptors (Lipinski definition) is 6. The predicted molar refractivity (Wildman–Crippen MR) is 69.5 cm³/mol. The third-order valence-electron chi connectivity index (χ3n) is 2.82. The summed E-state index contributed by atoms with van der Waals surface area (Å²) < 4.78 is 6.72. The smallest absolute Gasteiger partial charge is 0.248 e. The van der Waals surface area contributed by atoms with Crippen LogP contribution in [-0.2, 0) is 13.2 Å². The molecule has 0 aliphatic rings. The Morgan fingerprint density at radius 1 is 1.25 bits per heavy atom. The zero-order valence-electron chi connectivity index (χ0n) is 10.9. The van der Waals surface area contributed by atoms with Gasteiger partial charge in [0.2, 0.25) is 11.7 Å². The Hall–Kier alpha value is -2.54. The van der Waals surface area contributed by atoms with Crippen LogP contribution in [0.15, 0.2) is 35.0 Å². The molecule has 0 unspecified atom stereocenters. The molecule has 102 valence electrons. The first-order valence-electron chi connectivity index (χ1n) is 6.14. The van der Waals surface area contributed by atoms with Crippen LogP contribution in [-0.4, -0.2) is 30.2 Å². The number of aliphatic hydroxyl groups excluding tert-OH is 1. The molecule has 3 aromatic rings. The number of benzene rings is 1. The van der Waals surface area contributed by atoms with Crippen LogP contribution in [0.5, 0.6) is 0 Å². The fraction of sp³-hybridized carbons (Fsp3) is 0.231. The molecule has 2 aromatic heterocycles. The molecule has 7 heteroatoms. The number of aryl methyl sites for hydroxylation is 1. The van der Waals surface area contributed by atoms with Crippen molar-refractivity contribution in [3.05, 3.63) is 47.6 Å². The maximum atomic E-state index is 8.92. The summed E-state index contributed by atoms with van der Waals surface area (Å²) in [7, 11) is 0. The van der Waals surface area contributed by atoms with E-state index in [4.69, 9.17) is 9.63 Å². The molecule has 0 saturated heterocycles. The van der Waals surface area contributed by atoms with Gasteiger partial charge >= 0.3 is 0 Å². The summed E-state index contributed by atoms with van der Waals surface area (Å²) in [5, 5.41) is 20.5. The summed E-state index contributed by atoms with van der Waals surface area (Å²) in [5.74, 6) is 0.984. The first-order valence-corrected chi connectivity index (χ1v) is 6.14. The zero-order valence-corrected chi connectivity index (χ0v) is 10.9. The van der Waals surface area contributed by atoms with Gasteiger partial charge in [-0.2, -0.15) is 4.98 Å². The van der Waals surface area contributed by atoms with Crippen molar-refractivity contribution in [3.63, 3.8) is 0 Å². The van der Waals surface area contributed by atoms with Gasteiger partial charge in [0.05, 0.1) is 12.8 Å². The van der Waals surface area contributed by atoms with Gasteiger partial charge in [0, 0.05) is 5.56 Å². The molecule has 0 fully saturated rings. The average Bonchev–Trinajstić information content (AvgIpc) is 3.09. The van der Waals surface area contributed by atoms with Crippen molar-refractivity contribution in [2.75, 3.05) is 0 Å². The quantitative estimate of drug-likeness (QED) is 0.766. The minimum atomic E-state index is -0.140. The first-order chi connectivity index (χ1) is 9.74. The largest absolute Gasteiger partial charge is 0.390 e. The summed E-state index contributed by atoms with van der Waals surface area (Å²) in [4.78, 5) is 4.31. The van der Waals surface area contributed by atoms with Gasteiger partial charge in [-0.15, -0.1) is 5.10 Å². The molecule has 0 spiro atoms. The van der Waals surface area contributed by atoms with Gasteiger partial charge in [-0.05, 0) is 6.92 Å². The van der Waals surface area contributed by atoms with Gasteiger partial charge in [0.25, 0.3) is 0 Å². The van der Waals surface area contributed by atoms with Gasteiger partial charge < -0.3 is 9.63 Å². The van der Waals surface area contributed by atoms with E-state index in [1.54, 1.807) is 6.20 Å². The Labute approximate surface area is 114 Å². The molecular formula is C13H13N5O2. The third-order valence-corrected chi connectivity index (χ3v) is 2.82. The normalized spacial score (nSPS) is 10.9. The van der Waals surface area contributed by atoms with Crippen LogP contribution in [0.1, 0.15) is 17.1 Å². The fourth-order valence-electron chi connectivity index (χ4n) is 1.77. The van der Waals surface area contributed by atoms with Gasteiger partial charge in [-0.1, -0.05) is 40.2 Å². The van der Waals surface area contributed by atoms with E-state index >= 15 is 0 Å². The molecule has 1 N–H and O–H groups in total. The summed E-state index contributed by atoms with van der Waals surface area (Å²) in [5.41, 5.74) is 2.58. The Kier molecular flexibility index (Phi) is 3.26. The molecule has 0 amide bonds. The lowest BCUT2D eigenvalue weighted by molar-refractivity contribution is 0.276. The van der Waals surface area contributed by atoms with Crippen molar-refractivity contribution in [1.29, 1.82) is 0 Å². The number of hydrogen-bond donors (Lipinski definition) is 1. The van der Waals surface area contributed by atoms with E-state index in [1.807, 2.05) is 31.2 Å². The Morgan fingerprint density at radius 2 is 2.05 bits per heavy atom. The highest BCUT2D eigenvalue weighted by Crippen LogP contribution is 2.16. The number of nitrogens with zero attached hydrogens (tertiary/aromatic N) is 5. The van der Waals surface area contributed by atoms with Gasteiger partial charge in [0.15, 0.2) is 0 Å². The molecule has 0 aliphatic heterocycles. The van der Waals surface area contributed by atoms with E-state index in [1.165, 1.54) is 10.2 Å². The first kappa shape index (κ1) is 12.5. The molecule has 0 atom stereocenters. The van der Waals surface area contributed by atoms with E-state index in [9.17, 15) is 0 Å². The van der Waals surface area contributed by atoms with E-state index in [0.29, 0.717) is 24.0 Å². The van der Waals surface area contributed by atoms with Crippen LogP contribution in [0.3, 0.4) is 0 Å².